The summed E-state index contributed by atoms with van der Waals surface area (Å²) in [4.78, 5) is 0.148. The van der Waals surface area contributed by atoms with Crippen LogP contribution >= 0.6 is 0 Å². The van der Waals surface area contributed by atoms with E-state index in [1.807, 2.05) is 0 Å². The first-order valence-electron chi connectivity index (χ1n) is 7.26. The molecule has 127 valence electrons. The Morgan fingerprint density at radius 2 is 1.52 bits per heavy atom. The molecule has 0 aromatic heterocycles. The van der Waals surface area contributed by atoms with Gasteiger partial charge in [-0.2, -0.15) is 0 Å². The lowest BCUT2D eigenvalue weighted by Crippen LogP contribution is -1.96. The zero-order valence-electron chi connectivity index (χ0n) is 13.1. The van der Waals surface area contributed by atoms with Gasteiger partial charge in [-0.1, -0.05) is 18.2 Å². The summed E-state index contributed by atoms with van der Waals surface area (Å²) in [7, 11) is -3.34. The van der Waals surface area contributed by atoms with E-state index in [0.717, 1.165) is 24.5 Å². The van der Waals surface area contributed by atoms with E-state index in [9.17, 15) is 22.3 Å². The molecule has 3 aromatic carbocycles. The Bertz CT molecular complexity index is 1020. The molecule has 0 amide bonds. The average Bonchev–Trinajstić information content (AvgIpc) is 2.53. The molecule has 0 aliphatic carbocycles. The van der Waals surface area contributed by atoms with Crippen LogP contribution in [0.3, 0.4) is 0 Å². The van der Waals surface area contributed by atoms with Crippen molar-refractivity contribution in [3.05, 3.63) is 72.3 Å². The second-order valence-corrected chi connectivity index (χ2v) is 7.58. The van der Waals surface area contributed by atoms with Crippen LogP contribution in [0.2, 0.25) is 0 Å². The first-order chi connectivity index (χ1) is 11.8. The molecule has 0 heterocycles. The van der Waals surface area contributed by atoms with Gasteiger partial charge in [-0.3, -0.25) is 0 Å². The minimum absolute atomic E-state index is 0.148. The number of benzene rings is 3. The smallest absolute Gasteiger partial charge is 0.175 e. The van der Waals surface area contributed by atoms with Crippen molar-refractivity contribution in [2.24, 2.45) is 0 Å². The normalized spacial score (nSPS) is 11.5. The summed E-state index contributed by atoms with van der Waals surface area (Å²) in [6.45, 7) is 0. The zero-order valence-corrected chi connectivity index (χ0v) is 13.9. The van der Waals surface area contributed by atoms with E-state index in [1.54, 1.807) is 12.1 Å². The molecule has 1 N–H and O–H groups in total. The highest BCUT2D eigenvalue weighted by Gasteiger charge is 2.15. The van der Waals surface area contributed by atoms with E-state index in [1.165, 1.54) is 24.3 Å². The summed E-state index contributed by atoms with van der Waals surface area (Å²) in [5, 5.41) is 10.2. The van der Waals surface area contributed by atoms with E-state index < -0.39 is 21.5 Å². The van der Waals surface area contributed by atoms with Gasteiger partial charge in [0, 0.05) is 23.4 Å². The molecule has 3 rings (SSSR count). The van der Waals surface area contributed by atoms with Crippen molar-refractivity contribution in [3.63, 3.8) is 0 Å². The third-order valence-electron chi connectivity index (χ3n) is 3.70. The fourth-order valence-corrected chi connectivity index (χ4v) is 3.20. The van der Waals surface area contributed by atoms with Gasteiger partial charge < -0.3 is 5.11 Å². The first-order valence-corrected chi connectivity index (χ1v) is 9.15. The molecule has 0 saturated heterocycles. The largest absolute Gasteiger partial charge is 0.507 e. The Morgan fingerprint density at radius 1 is 0.920 bits per heavy atom. The van der Waals surface area contributed by atoms with Crippen molar-refractivity contribution in [3.8, 4) is 28.0 Å². The number of phenolic OH excluding ortho intramolecular Hbond substituents is 1. The lowest BCUT2D eigenvalue weighted by atomic mass is 9.93. The van der Waals surface area contributed by atoms with Crippen LogP contribution < -0.4 is 0 Å². The van der Waals surface area contributed by atoms with Crippen molar-refractivity contribution in [2.75, 3.05) is 6.26 Å². The molecule has 0 saturated carbocycles. The van der Waals surface area contributed by atoms with E-state index >= 15 is 0 Å². The summed E-state index contributed by atoms with van der Waals surface area (Å²) in [6, 6.07) is 14.7. The minimum Gasteiger partial charge on any atom is -0.507 e. The number of halogens is 2. The van der Waals surface area contributed by atoms with Gasteiger partial charge in [0.1, 0.15) is 17.4 Å². The molecule has 1 radical (unpaired) electrons. The third kappa shape index (κ3) is 3.53. The van der Waals surface area contributed by atoms with Crippen LogP contribution in [-0.4, -0.2) is 19.8 Å². The third-order valence-corrected chi connectivity index (χ3v) is 4.83. The summed E-state index contributed by atoms with van der Waals surface area (Å²) >= 11 is 0. The summed E-state index contributed by atoms with van der Waals surface area (Å²) < 4.78 is 50.3. The van der Waals surface area contributed by atoms with Crippen molar-refractivity contribution in [2.45, 2.75) is 4.90 Å². The molecular formula is C19H13F2O3S. The van der Waals surface area contributed by atoms with Gasteiger partial charge in [0.15, 0.2) is 9.84 Å². The standard InChI is InChI=1S/C19H13F2O3S/c1-25(23,24)16-7-5-12(6-8-16)17-3-2-4-18(22)19(17)13-9-14(20)11-15(21)10-13/h2,4-11,22H,1H3. The van der Waals surface area contributed by atoms with Crippen LogP contribution in [-0.2, 0) is 9.84 Å². The molecule has 0 spiro atoms. The summed E-state index contributed by atoms with van der Waals surface area (Å²) in [5.74, 6) is -1.70. The van der Waals surface area contributed by atoms with Gasteiger partial charge >= 0.3 is 0 Å². The van der Waals surface area contributed by atoms with Gasteiger partial charge in [-0.25, -0.2) is 17.2 Å². The molecular weight excluding hydrogens is 346 g/mol. The van der Waals surface area contributed by atoms with Gasteiger partial charge in [-0.05, 0) is 47.5 Å². The predicted molar refractivity (Wildman–Crippen MR) is 90.8 cm³/mol. The van der Waals surface area contributed by atoms with E-state index in [-0.39, 0.29) is 21.8 Å². The number of rotatable bonds is 3. The maximum Gasteiger partial charge on any atom is 0.175 e. The molecule has 0 aliphatic heterocycles. The number of sulfone groups is 1. The van der Waals surface area contributed by atoms with Gasteiger partial charge in [-0.15, -0.1) is 0 Å². The number of phenols is 1. The fourth-order valence-electron chi connectivity index (χ4n) is 2.57. The molecule has 0 atom stereocenters. The van der Waals surface area contributed by atoms with E-state index in [4.69, 9.17) is 0 Å². The quantitative estimate of drug-likeness (QED) is 0.762. The Labute approximate surface area is 144 Å². The fraction of sp³-hybridized carbons (Fsp3) is 0.0526. The maximum absolute atomic E-state index is 13.6. The van der Waals surface area contributed by atoms with Crippen molar-refractivity contribution >= 4 is 9.84 Å². The van der Waals surface area contributed by atoms with Gasteiger partial charge in [0.2, 0.25) is 0 Å². The van der Waals surface area contributed by atoms with Crippen LogP contribution in [0, 0.1) is 17.7 Å². The monoisotopic (exact) mass is 359 g/mol. The summed E-state index contributed by atoms with van der Waals surface area (Å²) in [6.07, 6.45) is 1.10. The molecule has 0 fully saturated rings. The van der Waals surface area contributed by atoms with Crippen molar-refractivity contribution in [1.82, 2.24) is 0 Å². The molecule has 25 heavy (non-hydrogen) atoms. The highest BCUT2D eigenvalue weighted by molar-refractivity contribution is 7.90. The topological polar surface area (TPSA) is 54.4 Å². The predicted octanol–water partition coefficient (Wildman–Crippen LogP) is 4.21. The Hall–Kier alpha value is -2.73. The van der Waals surface area contributed by atoms with Gasteiger partial charge in [0.05, 0.1) is 4.90 Å². The highest BCUT2D eigenvalue weighted by atomic mass is 32.2. The SMILES string of the molecule is CS(=O)(=O)c1ccc(-c2[c]ccc(O)c2-c2cc(F)cc(F)c2)cc1. The van der Waals surface area contributed by atoms with Crippen LogP contribution in [0.5, 0.6) is 5.75 Å². The number of hydrogen-bond acceptors (Lipinski definition) is 3. The molecule has 3 aromatic rings. The zero-order chi connectivity index (χ0) is 18.2. The highest BCUT2D eigenvalue weighted by Crippen LogP contribution is 2.39. The molecule has 0 aliphatic rings. The van der Waals surface area contributed by atoms with E-state index in [0.29, 0.717) is 11.1 Å². The minimum atomic E-state index is -3.34. The average molecular weight is 359 g/mol. The van der Waals surface area contributed by atoms with Crippen molar-refractivity contribution in [1.29, 1.82) is 0 Å². The second kappa shape index (κ2) is 6.29. The van der Waals surface area contributed by atoms with Crippen LogP contribution in [0.15, 0.2) is 59.5 Å². The summed E-state index contributed by atoms with van der Waals surface area (Å²) in [5.41, 5.74) is 1.34. The Balaban J connectivity index is 2.20. The lowest BCUT2D eigenvalue weighted by molar-refractivity contribution is 0.477. The first kappa shape index (κ1) is 17.1. The number of hydrogen-bond donors (Lipinski definition) is 1. The van der Waals surface area contributed by atoms with Crippen molar-refractivity contribution < 1.29 is 22.3 Å². The second-order valence-electron chi connectivity index (χ2n) is 5.57. The molecule has 6 heteroatoms. The Kier molecular flexibility index (Phi) is 4.30. The Morgan fingerprint density at radius 3 is 2.08 bits per heavy atom. The lowest BCUT2D eigenvalue weighted by Gasteiger charge is -2.12. The molecule has 3 nitrogen and oxygen atoms in total. The van der Waals surface area contributed by atoms with Crippen LogP contribution in [0.4, 0.5) is 8.78 Å². The molecule has 0 unspecified atom stereocenters. The molecule has 0 bridgehead atoms. The van der Waals surface area contributed by atoms with Gasteiger partial charge in [0.25, 0.3) is 0 Å². The van der Waals surface area contributed by atoms with E-state index in [2.05, 4.69) is 6.07 Å². The maximum atomic E-state index is 13.6. The number of aromatic hydroxyl groups is 1. The van der Waals surface area contributed by atoms with Crippen LogP contribution in [0.1, 0.15) is 0 Å². The van der Waals surface area contributed by atoms with Crippen LogP contribution in [0.25, 0.3) is 22.3 Å².